The fourth-order valence-electron chi connectivity index (χ4n) is 1.37. The maximum Gasteiger partial charge on any atom is 0.345 e. The van der Waals surface area contributed by atoms with Gasteiger partial charge in [-0.15, -0.1) is 11.3 Å². The second-order valence-corrected chi connectivity index (χ2v) is 4.78. The third kappa shape index (κ3) is 3.92. The number of hydrogen-bond acceptors (Lipinski definition) is 4. The van der Waals surface area contributed by atoms with Crippen LogP contribution in [-0.4, -0.2) is 31.3 Å². The first-order chi connectivity index (χ1) is 7.65. The monoisotopic (exact) mass is 243 g/mol. The Morgan fingerprint density at radius 3 is 2.94 bits per heavy atom. The molecule has 0 aromatic carbocycles. The molecule has 90 valence electrons. The van der Waals surface area contributed by atoms with Gasteiger partial charge in [0.1, 0.15) is 4.88 Å². The van der Waals surface area contributed by atoms with E-state index >= 15 is 0 Å². The third-order valence-corrected chi connectivity index (χ3v) is 3.33. The first-order valence-corrected chi connectivity index (χ1v) is 5.99. The zero-order valence-corrected chi connectivity index (χ0v) is 10.4. The van der Waals surface area contributed by atoms with Crippen LogP contribution in [-0.2, 0) is 11.3 Å². The highest BCUT2D eigenvalue weighted by atomic mass is 32.1. The molecule has 0 aliphatic rings. The number of thiophene rings is 1. The molecule has 4 nitrogen and oxygen atoms in total. The van der Waals surface area contributed by atoms with Gasteiger partial charge in [0.15, 0.2) is 0 Å². The normalized spacial score (nSPS) is 10.6. The van der Waals surface area contributed by atoms with Crippen LogP contribution in [0.25, 0.3) is 0 Å². The molecule has 1 aromatic rings. The molecule has 0 atom stereocenters. The van der Waals surface area contributed by atoms with Gasteiger partial charge in [0.2, 0.25) is 0 Å². The molecule has 5 heteroatoms. The Bertz CT molecular complexity index is 349. The number of aryl methyl sites for hydroxylation is 1. The Balaban J connectivity index is 2.39. The molecule has 0 unspecified atom stereocenters. The fraction of sp³-hybridized carbons (Fsp3) is 0.545. The summed E-state index contributed by atoms with van der Waals surface area (Å²) in [5.74, 6) is -0.848. The smallest absolute Gasteiger partial charge is 0.345 e. The average molecular weight is 243 g/mol. The highest BCUT2D eigenvalue weighted by Gasteiger charge is 2.10. The maximum atomic E-state index is 10.8. The Hall–Kier alpha value is -0.910. The van der Waals surface area contributed by atoms with Crippen LogP contribution in [0.2, 0.25) is 0 Å². The number of carboxylic acids is 1. The van der Waals surface area contributed by atoms with Crippen molar-refractivity contribution < 1.29 is 14.6 Å². The van der Waals surface area contributed by atoms with Gasteiger partial charge in [-0.25, -0.2) is 4.79 Å². The van der Waals surface area contributed by atoms with Crippen LogP contribution in [0.5, 0.6) is 0 Å². The minimum atomic E-state index is -0.848. The molecular formula is C11H17NO3S. The molecule has 0 saturated heterocycles. The van der Waals surface area contributed by atoms with Gasteiger partial charge in [-0.3, -0.25) is 0 Å². The van der Waals surface area contributed by atoms with Crippen molar-refractivity contribution in [2.45, 2.75) is 19.9 Å². The molecule has 0 radical (unpaired) electrons. The van der Waals surface area contributed by atoms with E-state index in [1.54, 1.807) is 13.2 Å². The first kappa shape index (κ1) is 13.2. The number of methoxy groups -OCH3 is 1. The number of rotatable bonds is 7. The van der Waals surface area contributed by atoms with Gasteiger partial charge in [0.05, 0.1) is 0 Å². The summed E-state index contributed by atoms with van der Waals surface area (Å²) in [7, 11) is 1.68. The molecule has 1 rings (SSSR count). The SMILES string of the molecule is COCCCNCc1cc(C(=O)O)sc1C. The molecule has 0 aliphatic heterocycles. The van der Waals surface area contributed by atoms with E-state index in [0.29, 0.717) is 4.88 Å². The van der Waals surface area contributed by atoms with Crippen LogP contribution in [0, 0.1) is 6.92 Å². The predicted octanol–water partition coefficient (Wildman–Crippen LogP) is 1.88. The number of ether oxygens (including phenoxy) is 1. The highest BCUT2D eigenvalue weighted by Crippen LogP contribution is 2.21. The number of aromatic carboxylic acids is 1. The number of hydrogen-bond donors (Lipinski definition) is 2. The highest BCUT2D eigenvalue weighted by molar-refractivity contribution is 7.14. The Labute approximate surface area is 99.2 Å². The van der Waals surface area contributed by atoms with Gasteiger partial charge in [0, 0.05) is 25.1 Å². The van der Waals surface area contributed by atoms with Crippen molar-refractivity contribution in [3.8, 4) is 0 Å². The maximum absolute atomic E-state index is 10.8. The second kappa shape index (κ2) is 6.62. The standard InChI is InChI=1S/C11H17NO3S/c1-8-9(6-10(16-8)11(13)14)7-12-4-3-5-15-2/h6,12H,3-5,7H2,1-2H3,(H,13,14). The van der Waals surface area contributed by atoms with Crippen LogP contribution in [0.4, 0.5) is 0 Å². The van der Waals surface area contributed by atoms with E-state index in [1.807, 2.05) is 6.92 Å². The molecule has 0 amide bonds. The van der Waals surface area contributed by atoms with Crippen molar-refractivity contribution in [3.63, 3.8) is 0 Å². The van der Waals surface area contributed by atoms with Crippen LogP contribution < -0.4 is 5.32 Å². The predicted molar refractivity (Wildman–Crippen MR) is 64.2 cm³/mol. The van der Waals surface area contributed by atoms with E-state index < -0.39 is 5.97 Å². The van der Waals surface area contributed by atoms with Crippen molar-refractivity contribution in [1.29, 1.82) is 0 Å². The number of carboxylic acid groups (broad SMARTS) is 1. The topological polar surface area (TPSA) is 58.6 Å². The first-order valence-electron chi connectivity index (χ1n) is 5.17. The summed E-state index contributed by atoms with van der Waals surface area (Å²) in [5, 5.41) is 12.1. The summed E-state index contributed by atoms with van der Waals surface area (Å²) in [6.45, 7) is 4.30. The molecule has 1 aromatic heterocycles. The largest absolute Gasteiger partial charge is 0.477 e. The molecular weight excluding hydrogens is 226 g/mol. The van der Waals surface area contributed by atoms with E-state index in [4.69, 9.17) is 9.84 Å². The summed E-state index contributed by atoms with van der Waals surface area (Å²) in [6, 6.07) is 1.74. The molecule has 0 saturated carbocycles. The number of carbonyl (C=O) groups is 1. The second-order valence-electron chi connectivity index (χ2n) is 3.52. The van der Waals surface area contributed by atoms with Gasteiger partial charge in [-0.05, 0) is 31.5 Å². The third-order valence-electron chi connectivity index (χ3n) is 2.25. The summed E-state index contributed by atoms with van der Waals surface area (Å²) in [5.41, 5.74) is 1.07. The van der Waals surface area contributed by atoms with E-state index in [2.05, 4.69) is 5.32 Å². The zero-order valence-electron chi connectivity index (χ0n) is 9.58. The molecule has 0 bridgehead atoms. The molecule has 0 aliphatic carbocycles. The van der Waals surface area contributed by atoms with Crippen molar-refractivity contribution in [3.05, 3.63) is 21.4 Å². The minimum absolute atomic E-state index is 0.409. The lowest BCUT2D eigenvalue weighted by Crippen LogP contribution is -2.16. The van der Waals surface area contributed by atoms with Crippen LogP contribution in [0.3, 0.4) is 0 Å². The van der Waals surface area contributed by atoms with Gasteiger partial charge in [0.25, 0.3) is 0 Å². The lowest BCUT2D eigenvalue weighted by molar-refractivity contribution is 0.0702. The van der Waals surface area contributed by atoms with E-state index in [-0.39, 0.29) is 0 Å². The quantitative estimate of drug-likeness (QED) is 0.718. The molecule has 1 heterocycles. The van der Waals surface area contributed by atoms with Crippen molar-refractivity contribution >= 4 is 17.3 Å². The summed E-state index contributed by atoms with van der Waals surface area (Å²) >= 11 is 1.33. The van der Waals surface area contributed by atoms with Gasteiger partial charge in [-0.1, -0.05) is 0 Å². The van der Waals surface area contributed by atoms with E-state index in [9.17, 15) is 4.79 Å². The molecule has 2 N–H and O–H groups in total. The van der Waals surface area contributed by atoms with Gasteiger partial charge < -0.3 is 15.2 Å². The van der Waals surface area contributed by atoms with E-state index in [0.717, 1.165) is 36.6 Å². The number of nitrogens with one attached hydrogen (secondary N) is 1. The van der Waals surface area contributed by atoms with Crippen molar-refractivity contribution in [2.24, 2.45) is 0 Å². The van der Waals surface area contributed by atoms with Crippen molar-refractivity contribution in [2.75, 3.05) is 20.3 Å². The average Bonchev–Trinajstić information content (AvgIpc) is 2.60. The van der Waals surface area contributed by atoms with Crippen molar-refractivity contribution in [1.82, 2.24) is 5.32 Å². The summed E-state index contributed by atoms with van der Waals surface area (Å²) in [4.78, 5) is 12.2. The Morgan fingerprint density at radius 1 is 1.62 bits per heavy atom. The summed E-state index contributed by atoms with van der Waals surface area (Å²) < 4.78 is 4.94. The fourth-order valence-corrected chi connectivity index (χ4v) is 2.25. The zero-order chi connectivity index (χ0) is 12.0. The molecule has 0 fully saturated rings. The molecule has 16 heavy (non-hydrogen) atoms. The Kier molecular flexibility index (Phi) is 5.45. The van der Waals surface area contributed by atoms with E-state index in [1.165, 1.54) is 11.3 Å². The lowest BCUT2D eigenvalue weighted by atomic mass is 10.2. The lowest BCUT2D eigenvalue weighted by Gasteiger charge is -2.03. The van der Waals surface area contributed by atoms with Crippen LogP contribution in [0.15, 0.2) is 6.07 Å². The van der Waals surface area contributed by atoms with Crippen LogP contribution in [0.1, 0.15) is 26.5 Å². The molecule has 0 spiro atoms. The summed E-state index contributed by atoms with van der Waals surface area (Å²) in [6.07, 6.45) is 0.964. The minimum Gasteiger partial charge on any atom is -0.477 e. The van der Waals surface area contributed by atoms with Gasteiger partial charge >= 0.3 is 5.97 Å². The Morgan fingerprint density at radius 2 is 2.38 bits per heavy atom. The van der Waals surface area contributed by atoms with Crippen LogP contribution >= 0.6 is 11.3 Å². The van der Waals surface area contributed by atoms with Gasteiger partial charge in [-0.2, -0.15) is 0 Å².